The van der Waals surface area contributed by atoms with Crippen LogP contribution >= 0.6 is 0 Å². The summed E-state index contributed by atoms with van der Waals surface area (Å²) in [5, 5.41) is 10.6. The summed E-state index contributed by atoms with van der Waals surface area (Å²) >= 11 is 0. The van der Waals surface area contributed by atoms with E-state index in [4.69, 9.17) is 15.2 Å². The lowest BCUT2D eigenvalue weighted by Gasteiger charge is -2.46. The average molecular weight is 449 g/mol. The van der Waals surface area contributed by atoms with E-state index in [0.717, 1.165) is 11.1 Å². The van der Waals surface area contributed by atoms with Crippen LogP contribution in [0.25, 0.3) is 11.2 Å². The first-order valence-corrected chi connectivity index (χ1v) is 10.7. The fraction of sp³-hybridized carbons (Fsp3) is 0.292. The summed E-state index contributed by atoms with van der Waals surface area (Å²) in [4.78, 5) is 12.8. The van der Waals surface area contributed by atoms with Gasteiger partial charge in [-0.2, -0.15) is 9.97 Å². The molecule has 8 nitrogen and oxygen atoms in total. The number of nitrogen functional groups attached to an aromatic ring is 1. The van der Waals surface area contributed by atoms with Crippen molar-refractivity contribution in [3.8, 4) is 5.88 Å². The summed E-state index contributed by atoms with van der Waals surface area (Å²) in [6.07, 6.45) is 0.306. The molecule has 5 rings (SSSR count). The molecule has 2 heterocycles. The first kappa shape index (κ1) is 21.3. The molecule has 9 heteroatoms. The van der Waals surface area contributed by atoms with Crippen molar-refractivity contribution in [2.45, 2.75) is 37.4 Å². The lowest BCUT2D eigenvalue weighted by molar-refractivity contribution is -0.162. The van der Waals surface area contributed by atoms with E-state index in [1.807, 2.05) is 60.7 Å². The van der Waals surface area contributed by atoms with E-state index in [9.17, 15) is 5.11 Å². The number of aromatic nitrogens is 4. The van der Waals surface area contributed by atoms with Gasteiger partial charge in [-0.3, -0.25) is 0 Å². The largest absolute Gasteiger partial charge is 0.471 e. The van der Waals surface area contributed by atoms with Crippen LogP contribution in [-0.2, 0) is 18.0 Å². The molecule has 2 aromatic carbocycles. The highest BCUT2D eigenvalue weighted by Crippen LogP contribution is 2.46. The Morgan fingerprint density at radius 3 is 2.36 bits per heavy atom. The topological polar surface area (TPSA) is 108 Å². The molecule has 0 amide bonds. The van der Waals surface area contributed by atoms with Gasteiger partial charge in [0.15, 0.2) is 16.8 Å². The van der Waals surface area contributed by atoms with Gasteiger partial charge in [-0.15, -0.1) is 0 Å². The van der Waals surface area contributed by atoms with Crippen molar-refractivity contribution < 1.29 is 19.0 Å². The Kier molecular flexibility index (Phi) is 5.65. The van der Waals surface area contributed by atoms with Crippen molar-refractivity contribution in [3.63, 3.8) is 0 Å². The molecule has 0 radical (unpaired) electrons. The van der Waals surface area contributed by atoms with Gasteiger partial charge in [0.1, 0.15) is 12.7 Å². The fourth-order valence-electron chi connectivity index (χ4n) is 4.05. The summed E-state index contributed by atoms with van der Waals surface area (Å²) in [5.74, 6) is 0.255. The van der Waals surface area contributed by atoms with Crippen molar-refractivity contribution in [1.29, 1.82) is 0 Å². The smallest absolute Gasteiger partial charge is 0.247 e. The molecule has 0 bridgehead atoms. The third-order valence-electron chi connectivity index (χ3n) is 5.88. The number of rotatable bonds is 8. The lowest BCUT2D eigenvalue weighted by Crippen LogP contribution is -2.58. The number of imidazole rings is 1. The zero-order valence-electron chi connectivity index (χ0n) is 17.8. The lowest BCUT2D eigenvalue weighted by atomic mass is 9.74. The number of aliphatic hydroxyl groups is 1. The van der Waals surface area contributed by atoms with Crippen LogP contribution in [0.15, 0.2) is 67.0 Å². The van der Waals surface area contributed by atoms with E-state index in [0.29, 0.717) is 11.2 Å². The van der Waals surface area contributed by atoms with Crippen molar-refractivity contribution in [2.24, 2.45) is 0 Å². The first-order valence-electron chi connectivity index (χ1n) is 10.7. The third-order valence-corrected chi connectivity index (χ3v) is 5.88. The van der Waals surface area contributed by atoms with Crippen LogP contribution in [0.5, 0.6) is 5.88 Å². The highest BCUT2D eigenvalue weighted by atomic mass is 19.1. The van der Waals surface area contributed by atoms with Crippen LogP contribution in [0.3, 0.4) is 0 Å². The summed E-state index contributed by atoms with van der Waals surface area (Å²) < 4.78 is 28.2. The molecule has 0 spiro atoms. The van der Waals surface area contributed by atoms with Crippen molar-refractivity contribution in [2.75, 3.05) is 12.3 Å². The molecule has 33 heavy (non-hydrogen) atoms. The number of anilines is 1. The van der Waals surface area contributed by atoms with Crippen LogP contribution in [0.1, 0.15) is 23.6 Å². The van der Waals surface area contributed by atoms with Crippen LogP contribution in [0.4, 0.5) is 10.3 Å². The molecule has 0 unspecified atom stereocenters. The Morgan fingerprint density at radius 1 is 1.03 bits per heavy atom. The van der Waals surface area contributed by atoms with Crippen molar-refractivity contribution in [3.05, 3.63) is 78.1 Å². The molecular formula is C24H24FN5O3. The Balaban J connectivity index is 1.28. The van der Waals surface area contributed by atoms with Gasteiger partial charge in [0.05, 0.1) is 25.6 Å². The molecule has 3 atom stereocenters. The predicted octanol–water partition coefficient (Wildman–Crippen LogP) is 3.22. The molecular weight excluding hydrogens is 425 g/mol. The van der Waals surface area contributed by atoms with Gasteiger partial charge in [0, 0.05) is 6.42 Å². The highest BCUT2D eigenvalue weighted by molar-refractivity contribution is 5.77. The van der Waals surface area contributed by atoms with E-state index >= 15 is 4.39 Å². The number of hydrogen-bond donors (Lipinski definition) is 2. The summed E-state index contributed by atoms with van der Waals surface area (Å²) in [7, 11) is 0. The Labute approximate surface area is 189 Å². The molecule has 1 aliphatic carbocycles. The van der Waals surface area contributed by atoms with Crippen LogP contribution in [0, 0.1) is 0 Å². The van der Waals surface area contributed by atoms with E-state index in [2.05, 4.69) is 15.0 Å². The normalized spacial score (nSPS) is 22.2. The van der Waals surface area contributed by atoms with Gasteiger partial charge in [-0.25, -0.2) is 9.37 Å². The third kappa shape index (κ3) is 4.24. The maximum absolute atomic E-state index is 15.2. The second kappa shape index (κ2) is 8.76. The van der Waals surface area contributed by atoms with E-state index < -0.39 is 17.8 Å². The Morgan fingerprint density at radius 2 is 1.70 bits per heavy atom. The number of halogens is 1. The van der Waals surface area contributed by atoms with Gasteiger partial charge in [-0.1, -0.05) is 60.7 Å². The molecule has 0 saturated heterocycles. The van der Waals surface area contributed by atoms with E-state index in [1.165, 1.54) is 6.33 Å². The van der Waals surface area contributed by atoms with Crippen molar-refractivity contribution >= 4 is 17.1 Å². The van der Waals surface area contributed by atoms with Gasteiger partial charge >= 0.3 is 0 Å². The quantitative estimate of drug-likeness (QED) is 0.425. The minimum atomic E-state index is -1.85. The number of nitrogens with two attached hydrogens (primary N) is 1. The van der Waals surface area contributed by atoms with Gasteiger partial charge in [0.2, 0.25) is 11.8 Å². The van der Waals surface area contributed by atoms with E-state index in [1.54, 1.807) is 4.57 Å². The molecule has 2 aromatic heterocycles. The number of hydrogen-bond acceptors (Lipinski definition) is 7. The predicted molar refractivity (Wildman–Crippen MR) is 120 cm³/mol. The molecule has 3 N–H and O–H groups in total. The minimum absolute atomic E-state index is 0.0128. The number of benzene rings is 2. The Bertz CT molecular complexity index is 1240. The first-order chi connectivity index (χ1) is 16.0. The molecule has 1 fully saturated rings. The molecule has 170 valence electrons. The maximum atomic E-state index is 15.2. The van der Waals surface area contributed by atoms with Crippen molar-refractivity contribution in [1.82, 2.24) is 19.5 Å². The van der Waals surface area contributed by atoms with Crippen LogP contribution in [0.2, 0.25) is 0 Å². The monoisotopic (exact) mass is 449 g/mol. The highest BCUT2D eigenvalue weighted by Gasteiger charge is 2.56. The number of nitrogens with zero attached hydrogens (tertiary/aromatic N) is 4. The van der Waals surface area contributed by atoms with Gasteiger partial charge in [-0.05, 0) is 11.1 Å². The second-order valence-corrected chi connectivity index (χ2v) is 8.21. The van der Waals surface area contributed by atoms with Crippen LogP contribution in [-0.4, -0.2) is 43.0 Å². The van der Waals surface area contributed by atoms with Gasteiger partial charge in [0.25, 0.3) is 0 Å². The average Bonchev–Trinajstić information content (AvgIpc) is 3.25. The Hall–Kier alpha value is -3.56. The SMILES string of the molecule is Nc1nc(OCc2ccccc2)c2ncn([C@@H]3C[C@@](F)(COCc4ccccc4)[C@H]3O)c2n1. The number of aliphatic hydroxyl groups excluding tert-OH is 1. The van der Waals surface area contributed by atoms with E-state index in [-0.39, 0.29) is 38.1 Å². The van der Waals surface area contributed by atoms with Crippen LogP contribution < -0.4 is 10.5 Å². The molecule has 0 aliphatic heterocycles. The molecule has 4 aromatic rings. The number of ether oxygens (including phenoxy) is 2. The second-order valence-electron chi connectivity index (χ2n) is 8.21. The maximum Gasteiger partial charge on any atom is 0.247 e. The summed E-state index contributed by atoms with van der Waals surface area (Å²) in [5.41, 5.74) is 6.76. The van der Waals surface area contributed by atoms with Gasteiger partial charge < -0.3 is 24.9 Å². The standard InChI is InChI=1S/C24H24FN5O3/c25-24(14-32-12-16-7-3-1-4-8-16)11-18(20(24)31)30-15-27-19-21(30)28-23(26)29-22(19)33-13-17-9-5-2-6-10-17/h1-10,15,18,20,31H,11-14H2,(H2,26,28,29)/t18-,20+,24-/m1/s1. The zero-order valence-corrected chi connectivity index (χ0v) is 17.8. The molecule has 1 aliphatic rings. The number of alkyl halides is 1. The number of fused-ring (bicyclic) bond motifs is 1. The zero-order chi connectivity index (χ0) is 22.8. The fourth-order valence-corrected chi connectivity index (χ4v) is 4.05. The summed E-state index contributed by atoms with van der Waals surface area (Å²) in [6, 6.07) is 18.6. The summed E-state index contributed by atoms with van der Waals surface area (Å²) in [6.45, 7) is 0.371. The molecule has 1 saturated carbocycles. The minimum Gasteiger partial charge on any atom is -0.471 e.